The Morgan fingerprint density at radius 2 is 1.65 bits per heavy atom. The number of nitrogens with one attached hydrogen (secondary N) is 1. The first-order valence-corrected chi connectivity index (χ1v) is 7.99. The van der Waals surface area contributed by atoms with Crippen molar-refractivity contribution in [3.63, 3.8) is 0 Å². The van der Waals surface area contributed by atoms with Crippen molar-refractivity contribution in [1.82, 2.24) is 24.9 Å². The molecular formula is C15H35N5. The fourth-order valence-electron chi connectivity index (χ4n) is 2.63. The zero-order chi connectivity index (χ0) is 15.0. The molecule has 1 unspecified atom stereocenters. The van der Waals surface area contributed by atoms with E-state index in [9.17, 15) is 0 Å². The van der Waals surface area contributed by atoms with Crippen LogP contribution in [0.25, 0.3) is 0 Å². The summed E-state index contributed by atoms with van der Waals surface area (Å²) in [7, 11) is 8.63. The van der Waals surface area contributed by atoms with Gasteiger partial charge in [0, 0.05) is 58.4 Å². The summed E-state index contributed by atoms with van der Waals surface area (Å²) in [6.07, 6.45) is 0. The van der Waals surface area contributed by atoms with Gasteiger partial charge in [0.15, 0.2) is 0 Å². The summed E-state index contributed by atoms with van der Waals surface area (Å²) in [6, 6.07) is 0.658. The predicted octanol–water partition coefficient (Wildman–Crippen LogP) is -0.295. The van der Waals surface area contributed by atoms with Crippen LogP contribution in [-0.2, 0) is 0 Å². The number of likely N-dealkylation sites (N-methyl/N-ethyl adjacent to an activating group) is 3. The highest BCUT2D eigenvalue weighted by Gasteiger charge is 2.26. The highest BCUT2D eigenvalue weighted by molar-refractivity contribution is 4.84. The van der Waals surface area contributed by atoms with E-state index < -0.39 is 0 Å². The van der Waals surface area contributed by atoms with Crippen LogP contribution in [0.3, 0.4) is 0 Å². The first-order chi connectivity index (χ1) is 9.52. The lowest BCUT2D eigenvalue weighted by Crippen LogP contribution is -2.58. The average molecular weight is 285 g/mol. The zero-order valence-electron chi connectivity index (χ0n) is 14.2. The second kappa shape index (κ2) is 9.68. The summed E-state index contributed by atoms with van der Waals surface area (Å²) in [5, 5.41) is 3.53. The molecule has 1 fully saturated rings. The first kappa shape index (κ1) is 17.9. The molecule has 0 bridgehead atoms. The average Bonchev–Trinajstić information content (AvgIpc) is 2.41. The summed E-state index contributed by atoms with van der Waals surface area (Å²) >= 11 is 0. The Morgan fingerprint density at radius 1 is 1.00 bits per heavy atom. The highest BCUT2D eigenvalue weighted by atomic mass is 15.3. The van der Waals surface area contributed by atoms with Crippen LogP contribution in [0.2, 0.25) is 0 Å². The van der Waals surface area contributed by atoms with Crippen LogP contribution >= 0.6 is 0 Å². The molecule has 0 spiro atoms. The molecule has 0 saturated carbocycles. The number of nitrogens with zero attached hydrogens (tertiary/aromatic N) is 4. The van der Waals surface area contributed by atoms with Crippen molar-refractivity contribution in [3.05, 3.63) is 0 Å². The highest BCUT2D eigenvalue weighted by Crippen LogP contribution is 2.09. The summed E-state index contributed by atoms with van der Waals surface area (Å²) < 4.78 is 0. The van der Waals surface area contributed by atoms with Crippen LogP contribution in [0.15, 0.2) is 0 Å². The van der Waals surface area contributed by atoms with Crippen molar-refractivity contribution in [1.29, 1.82) is 0 Å². The Bertz CT molecular complexity index is 244. The maximum atomic E-state index is 3.53. The lowest BCUT2D eigenvalue weighted by Gasteiger charge is -2.42. The molecular weight excluding hydrogens is 250 g/mol. The summed E-state index contributed by atoms with van der Waals surface area (Å²) in [5.74, 6) is 0. The second-order valence-corrected chi connectivity index (χ2v) is 6.40. The standard InChI is InChI=1S/C15H35N5/c1-6-16-13-15-14-19(9-7-17(2)3)10-12-20(15)11-8-18(4)5/h15-16H,6-14H2,1-5H3. The van der Waals surface area contributed by atoms with Crippen molar-refractivity contribution in [2.45, 2.75) is 13.0 Å². The van der Waals surface area contributed by atoms with E-state index in [0.29, 0.717) is 6.04 Å². The minimum absolute atomic E-state index is 0.658. The molecule has 0 radical (unpaired) electrons. The molecule has 1 aliphatic heterocycles. The normalized spacial score (nSPS) is 22.1. The van der Waals surface area contributed by atoms with Crippen molar-refractivity contribution in [2.24, 2.45) is 0 Å². The molecule has 1 heterocycles. The van der Waals surface area contributed by atoms with Gasteiger partial charge in [-0.3, -0.25) is 9.80 Å². The molecule has 1 aliphatic rings. The van der Waals surface area contributed by atoms with Crippen molar-refractivity contribution < 1.29 is 0 Å². The van der Waals surface area contributed by atoms with Crippen LogP contribution < -0.4 is 5.32 Å². The third-order valence-corrected chi connectivity index (χ3v) is 4.02. The second-order valence-electron chi connectivity index (χ2n) is 6.40. The van der Waals surface area contributed by atoms with Crippen molar-refractivity contribution in [2.75, 3.05) is 87.1 Å². The van der Waals surface area contributed by atoms with Gasteiger partial charge < -0.3 is 15.1 Å². The summed E-state index contributed by atoms with van der Waals surface area (Å²) in [4.78, 5) is 9.84. The van der Waals surface area contributed by atoms with E-state index in [-0.39, 0.29) is 0 Å². The van der Waals surface area contributed by atoms with Crippen LogP contribution in [0, 0.1) is 0 Å². The molecule has 0 amide bonds. The van der Waals surface area contributed by atoms with Crippen molar-refractivity contribution in [3.8, 4) is 0 Å². The molecule has 0 aromatic rings. The number of hydrogen-bond donors (Lipinski definition) is 1. The van der Waals surface area contributed by atoms with Gasteiger partial charge in [-0.25, -0.2) is 0 Å². The molecule has 1 saturated heterocycles. The van der Waals surface area contributed by atoms with E-state index in [1.54, 1.807) is 0 Å². The van der Waals surface area contributed by atoms with Gasteiger partial charge in [0.1, 0.15) is 0 Å². The van der Waals surface area contributed by atoms with E-state index >= 15 is 0 Å². The van der Waals surface area contributed by atoms with Crippen LogP contribution in [0.5, 0.6) is 0 Å². The smallest absolute Gasteiger partial charge is 0.0348 e. The SMILES string of the molecule is CCNCC1CN(CCN(C)C)CCN1CCN(C)C. The molecule has 20 heavy (non-hydrogen) atoms. The fourth-order valence-corrected chi connectivity index (χ4v) is 2.63. The van der Waals surface area contributed by atoms with Crippen LogP contribution in [-0.4, -0.2) is 113 Å². The lowest BCUT2D eigenvalue weighted by atomic mass is 10.1. The largest absolute Gasteiger partial charge is 0.315 e. The van der Waals surface area contributed by atoms with E-state index in [1.165, 1.54) is 32.7 Å². The number of rotatable bonds is 9. The fraction of sp³-hybridized carbons (Fsp3) is 1.00. The minimum atomic E-state index is 0.658. The third kappa shape index (κ3) is 6.99. The number of piperazine rings is 1. The van der Waals surface area contributed by atoms with Crippen molar-refractivity contribution >= 4 is 0 Å². The Kier molecular flexibility index (Phi) is 8.64. The van der Waals surface area contributed by atoms with E-state index in [4.69, 9.17) is 0 Å². The Labute approximate surface area is 125 Å². The van der Waals surface area contributed by atoms with E-state index in [0.717, 1.165) is 26.2 Å². The first-order valence-electron chi connectivity index (χ1n) is 7.99. The Balaban J connectivity index is 2.43. The summed E-state index contributed by atoms with van der Waals surface area (Å²) in [5.41, 5.74) is 0. The minimum Gasteiger partial charge on any atom is -0.315 e. The van der Waals surface area contributed by atoms with Gasteiger partial charge in [-0.1, -0.05) is 6.92 Å². The molecule has 5 heteroatoms. The molecule has 1 atom stereocenters. The topological polar surface area (TPSA) is 25.0 Å². The Hall–Kier alpha value is -0.200. The predicted molar refractivity (Wildman–Crippen MR) is 87.5 cm³/mol. The van der Waals surface area contributed by atoms with Gasteiger partial charge in [0.2, 0.25) is 0 Å². The zero-order valence-corrected chi connectivity index (χ0v) is 14.2. The van der Waals surface area contributed by atoms with E-state index in [1.807, 2.05) is 0 Å². The van der Waals surface area contributed by atoms with Gasteiger partial charge >= 0.3 is 0 Å². The third-order valence-electron chi connectivity index (χ3n) is 4.02. The van der Waals surface area contributed by atoms with Gasteiger partial charge in [0.25, 0.3) is 0 Å². The molecule has 5 nitrogen and oxygen atoms in total. The molecule has 120 valence electrons. The monoisotopic (exact) mass is 285 g/mol. The molecule has 0 aliphatic carbocycles. The maximum Gasteiger partial charge on any atom is 0.0348 e. The van der Waals surface area contributed by atoms with Gasteiger partial charge in [-0.2, -0.15) is 0 Å². The maximum absolute atomic E-state index is 3.53. The van der Waals surface area contributed by atoms with Crippen LogP contribution in [0.1, 0.15) is 6.92 Å². The van der Waals surface area contributed by atoms with E-state index in [2.05, 4.69) is 60.0 Å². The molecule has 0 aromatic carbocycles. The van der Waals surface area contributed by atoms with Gasteiger partial charge in [0.05, 0.1) is 0 Å². The van der Waals surface area contributed by atoms with Crippen LogP contribution in [0.4, 0.5) is 0 Å². The van der Waals surface area contributed by atoms with Gasteiger partial charge in [-0.05, 0) is 34.7 Å². The van der Waals surface area contributed by atoms with Gasteiger partial charge in [-0.15, -0.1) is 0 Å². The summed E-state index contributed by atoms with van der Waals surface area (Å²) in [6.45, 7) is 12.7. The quantitative estimate of drug-likeness (QED) is 0.627. The lowest BCUT2D eigenvalue weighted by molar-refractivity contribution is 0.0656. The molecule has 1 N–H and O–H groups in total. The molecule has 0 aromatic heterocycles. The number of hydrogen-bond acceptors (Lipinski definition) is 5. The molecule has 1 rings (SSSR count). The Morgan fingerprint density at radius 3 is 2.25 bits per heavy atom.